The van der Waals surface area contributed by atoms with Crippen molar-refractivity contribution in [3.63, 3.8) is 0 Å². The van der Waals surface area contributed by atoms with Gasteiger partial charge in [-0.15, -0.1) is 0 Å². The Kier molecular flexibility index (Phi) is 3.12. The highest BCUT2D eigenvalue weighted by Crippen LogP contribution is 2.28. The molecule has 2 heterocycles. The summed E-state index contributed by atoms with van der Waals surface area (Å²) in [6.45, 7) is 0. The fourth-order valence-corrected chi connectivity index (χ4v) is 2.85. The maximum atomic E-state index is 5.37. The van der Waals surface area contributed by atoms with Crippen LogP contribution in [0.3, 0.4) is 0 Å². The van der Waals surface area contributed by atoms with Gasteiger partial charge in [0.15, 0.2) is 4.77 Å². The Balaban J connectivity index is 2.27. The molecule has 0 atom stereocenters. The summed E-state index contributed by atoms with van der Waals surface area (Å²) in [7, 11) is 1.64. The number of benzene rings is 1. The van der Waals surface area contributed by atoms with Crippen LogP contribution in [0.5, 0.6) is 5.75 Å². The number of pyridine rings is 1. The molecule has 6 heteroatoms. The number of fused-ring (bicyclic) bond motifs is 1. The Morgan fingerprint density at radius 1 is 1.37 bits per heavy atom. The standard InChI is InChI=1S/C13H10BrN3OS/c1-18-12-3-2-8(6-9(12)14)17-11-4-5-15-7-10(11)16-13(17)19/h2-7H,1H3,(H,16,19). The van der Waals surface area contributed by atoms with Crippen molar-refractivity contribution in [1.29, 1.82) is 0 Å². The molecule has 2 aromatic heterocycles. The van der Waals surface area contributed by atoms with Gasteiger partial charge in [0.1, 0.15) is 5.75 Å². The number of halogens is 1. The lowest BCUT2D eigenvalue weighted by Crippen LogP contribution is -1.95. The lowest BCUT2D eigenvalue weighted by atomic mass is 10.3. The Hall–Kier alpha value is -1.66. The fraction of sp³-hybridized carbons (Fsp3) is 0.0769. The number of hydrogen-bond acceptors (Lipinski definition) is 3. The van der Waals surface area contributed by atoms with Gasteiger partial charge in [0.05, 0.1) is 28.8 Å². The molecule has 0 unspecified atom stereocenters. The van der Waals surface area contributed by atoms with Crippen molar-refractivity contribution >= 4 is 39.2 Å². The van der Waals surface area contributed by atoms with Crippen molar-refractivity contribution in [3.8, 4) is 11.4 Å². The van der Waals surface area contributed by atoms with E-state index in [1.807, 2.05) is 28.8 Å². The molecule has 4 nitrogen and oxygen atoms in total. The van der Waals surface area contributed by atoms with Gasteiger partial charge in [0.25, 0.3) is 0 Å². The molecule has 0 fully saturated rings. The first kappa shape index (κ1) is 12.4. The van der Waals surface area contributed by atoms with Gasteiger partial charge in [-0.2, -0.15) is 0 Å². The predicted molar refractivity (Wildman–Crippen MR) is 80.5 cm³/mol. The van der Waals surface area contributed by atoms with Crippen LogP contribution in [-0.4, -0.2) is 21.6 Å². The Morgan fingerprint density at radius 3 is 2.95 bits per heavy atom. The molecule has 0 aliphatic rings. The summed E-state index contributed by atoms with van der Waals surface area (Å²) in [5.41, 5.74) is 2.88. The number of hydrogen-bond donors (Lipinski definition) is 1. The van der Waals surface area contributed by atoms with Crippen LogP contribution >= 0.6 is 28.1 Å². The van der Waals surface area contributed by atoms with Gasteiger partial charge >= 0.3 is 0 Å². The van der Waals surface area contributed by atoms with Crippen LogP contribution in [0.2, 0.25) is 0 Å². The normalized spacial score (nSPS) is 10.8. The minimum Gasteiger partial charge on any atom is -0.496 e. The van der Waals surface area contributed by atoms with E-state index in [0.717, 1.165) is 26.9 Å². The molecule has 19 heavy (non-hydrogen) atoms. The summed E-state index contributed by atoms with van der Waals surface area (Å²) < 4.78 is 8.73. The highest BCUT2D eigenvalue weighted by molar-refractivity contribution is 9.10. The molecule has 3 rings (SSSR count). The number of aromatic amines is 1. The van der Waals surface area contributed by atoms with Crippen molar-refractivity contribution < 1.29 is 4.74 Å². The number of methoxy groups -OCH3 is 1. The first-order valence-corrected chi connectivity index (χ1v) is 6.79. The summed E-state index contributed by atoms with van der Waals surface area (Å²) in [6.07, 6.45) is 3.51. The SMILES string of the molecule is COc1ccc(-n2c(=S)[nH]c3cnccc32)cc1Br. The third-order valence-corrected chi connectivity index (χ3v) is 3.78. The van der Waals surface area contributed by atoms with Crippen LogP contribution in [0.1, 0.15) is 0 Å². The van der Waals surface area contributed by atoms with Crippen LogP contribution in [0.4, 0.5) is 0 Å². The average molecular weight is 336 g/mol. The monoisotopic (exact) mass is 335 g/mol. The van der Waals surface area contributed by atoms with E-state index in [2.05, 4.69) is 25.9 Å². The molecule has 0 aliphatic heterocycles. The third-order valence-electron chi connectivity index (χ3n) is 2.88. The number of nitrogens with zero attached hydrogens (tertiary/aromatic N) is 2. The van der Waals surface area contributed by atoms with E-state index in [1.165, 1.54) is 0 Å². The number of ether oxygens (including phenoxy) is 1. The van der Waals surface area contributed by atoms with Crippen LogP contribution in [0.25, 0.3) is 16.7 Å². The maximum Gasteiger partial charge on any atom is 0.182 e. The average Bonchev–Trinajstić information content (AvgIpc) is 2.74. The molecule has 1 aromatic carbocycles. The molecule has 0 saturated carbocycles. The first-order chi connectivity index (χ1) is 9.20. The Labute approximate surface area is 123 Å². The molecule has 0 aliphatic carbocycles. The van der Waals surface area contributed by atoms with E-state index in [4.69, 9.17) is 17.0 Å². The number of imidazole rings is 1. The van der Waals surface area contributed by atoms with Gasteiger partial charge in [-0.3, -0.25) is 9.55 Å². The zero-order chi connectivity index (χ0) is 13.4. The second-order valence-electron chi connectivity index (χ2n) is 3.98. The second kappa shape index (κ2) is 4.79. The summed E-state index contributed by atoms with van der Waals surface area (Å²) in [6, 6.07) is 7.77. The molecule has 0 bridgehead atoms. The van der Waals surface area contributed by atoms with Gasteiger partial charge in [0.2, 0.25) is 0 Å². The quantitative estimate of drug-likeness (QED) is 0.723. The van der Waals surface area contributed by atoms with Crippen LogP contribution < -0.4 is 4.74 Å². The summed E-state index contributed by atoms with van der Waals surface area (Å²) in [5.74, 6) is 0.789. The summed E-state index contributed by atoms with van der Waals surface area (Å²) in [4.78, 5) is 7.23. The van der Waals surface area contributed by atoms with E-state index >= 15 is 0 Å². The highest BCUT2D eigenvalue weighted by atomic mass is 79.9. The molecule has 0 amide bonds. The minimum absolute atomic E-state index is 0.639. The van der Waals surface area contributed by atoms with Crippen molar-refractivity contribution in [2.75, 3.05) is 7.11 Å². The first-order valence-electron chi connectivity index (χ1n) is 5.59. The van der Waals surface area contributed by atoms with Gasteiger partial charge < -0.3 is 9.72 Å². The molecular weight excluding hydrogens is 326 g/mol. The van der Waals surface area contributed by atoms with E-state index in [-0.39, 0.29) is 0 Å². The van der Waals surface area contributed by atoms with E-state index < -0.39 is 0 Å². The van der Waals surface area contributed by atoms with E-state index in [9.17, 15) is 0 Å². The lowest BCUT2D eigenvalue weighted by Gasteiger charge is -2.08. The van der Waals surface area contributed by atoms with Gasteiger partial charge in [-0.1, -0.05) is 0 Å². The number of rotatable bonds is 2. The molecule has 0 spiro atoms. The Morgan fingerprint density at radius 2 is 2.21 bits per heavy atom. The lowest BCUT2D eigenvalue weighted by molar-refractivity contribution is 0.412. The van der Waals surface area contributed by atoms with Crippen LogP contribution in [-0.2, 0) is 0 Å². The third kappa shape index (κ3) is 2.06. The van der Waals surface area contributed by atoms with Crippen LogP contribution in [0, 0.1) is 4.77 Å². The molecule has 1 N–H and O–H groups in total. The highest BCUT2D eigenvalue weighted by Gasteiger charge is 2.08. The van der Waals surface area contributed by atoms with Crippen molar-refractivity contribution in [1.82, 2.24) is 14.5 Å². The summed E-state index contributed by atoms with van der Waals surface area (Å²) in [5, 5.41) is 0. The zero-order valence-electron chi connectivity index (χ0n) is 10.1. The topological polar surface area (TPSA) is 42.8 Å². The molecule has 3 aromatic rings. The molecular formula is C13H10BrN3OS. The maximum absolute atomic E-state index is 5.37. The second-order valence-corrected chi connectivity index (χ2v) is 5.22. The largest absolute Gasteiger partial charge is 0.496 e. The van der Waals surface area contributed by atoms with Gasteiger partial charge in [-0.25, -0.2) is 0 Å². The molecule has 0 saturated heterocycles. The fourth-order valence-electron chi connectivity index (χ4n) is 2.01. The van der Waals surface area contributed by atoms with Crippen molar-refractivity contribution in [2.24, 2.45) is 0 Å². The number of aromatic nitrogens is 3. The van der Waals surface area contributed by atoms with Crippen molar-refractivity contribution in [3.05, 3.63) is 45.9 Å². The Bertz CT molecular complexity index is 809. The van der Waals surface area contributed by atoms with Gasteiger partial charge in [0, 0.05) is 11.9 Å². The summed E-state index contributed by atoms with van der Waals surface area (Å²) >= 11 is 8.86. The zero-order valence-corrected chi connectivity index (χ0v) is 12.5. The molecule has 96 valence electrons. The predicted octanol–water partition coefficient (Wildman–Crippen LogP) is 3.85. The minimum atomic E-state index is 0.639. The number of nitrogens with one attached hydrogen (secondary N) is 1. The van der Waals surface area contributed by atoms with Gasteiger partial charge in [-0.05, 0) is 52.4 Å². The smallest absolute Gasteiger partial charge is 0.182 e. The van der Waals surface area contributed by atoms with E-state index in [1.54, 1.807) is 19.5 Å². The molecule has 0 radical (unpaired) electrons. The van der Waals surface area contributed by atoms with E-state index in [0.29, 0.717) is 4.77 Å². The van der Waals surface area contributed by atoms with Crippen molar-refractivity contribution in [2.45, 2.75) is 0 Å². The number of H-pyrrole nitrogens is 1. The van der Waals surface area contributed by atoms with Crippen LogP contribution in [0.15, 0.2) is 41.1 Å².